The van der Waals surface area contributed by atoms with E-state index in [1.165, 1.54) is 321 Å². The van der Waals surface area contributed by atoms with Crippen LogP contribution in [-0.2, 0) is 0 Å². The van der Waals surface area contributed by atoms with Crippen molar-refractivity contribution in [1.82, 2.24) is 0 Å². The second-order valence-corrected chi connectivity index (χ2v) is 23.4. The molecular weight excluding hydrogens is 793 g/mol. The van der Waals surface area contributed by atoms with Crippen LogP contribution in [0.3, 0.4) is 0 Å². The SMILES string of the molecule is C=CCCCCCCCCCCCCCCCCCCCCC(=C)CCCCC(CCCCCCCCCCCCCCC)CC(C)CCCC(C)CCCC(C)CCCCC(C)CC=C. The van der Waals surface area contributed by atoms with E-state index in [-0.39, 0.29) is 0 Å². The molecule has 0 bridgehead atoms. The van der Waals surface area contributed by atoms with Crippen molar-refractivity contribution in [2.45, 2.75) is 356 Å². The van der Waals surface area contributed by atoms with Crippen LogP contribution in [0.25, 0.3) is 0 Å². The van der Waals surface area contributed by atoms with Crippen LogP contribution < -0.4 is 0 Å². The highest BCUT2D eigenvalue weighted by atomic mass is 14.2. The summed E-state index contributed by atoms with van der Waals surface area (Å²) in [5, 5.41) is 0. The molecule has 0 aromatic rings. The van der Waals surface area contributed by atoms with E-state index in [1.54, 1.807) is 5.57 Å². The van der Waals surface area contributed by atoms with Gasteiger partial charge in [-0.1, -0.05) is 329 Å². The molecule has 0 nitrogen and oxygen atoms in total. The minimum absolute atomic E-state index is 0.819. The lowest BCUT2D eigenvalue weighted by Gasteiger charge is -2.22. The molecule has 0 amide bonds. The summed E-state index contributed by atoms with van der Waals surface area (Å²) in [5.41, 5.74) is 1.55. The van der Waals surface area contributed by atoms with E-state index in [9.17, 15) is 0 Å². The Balaban J connectivity index is 4.23. The number of allylic oxidation sites excluding steroid dienone is 3. The van der Waals surface area contributed by atoms with E-state index in [0.717, 1.165) is 29.6 Å². The summed E-state index contributed by atoms with van der Waals surface area (Å²) in [7, 11) is 0. The molecule has 5 unspecified atom stereocenters. The Morgan fingerprint density at radius 3 is 1.03 bits per heavy atom. The predicted octanol–water partition coefficient (Wildman–Crippen LogP) is 24.6. The van der Waals surface area contributed by atoms with Crippen LogP contribution in [0.2, 0.25) is 0 Å². The third kappa shape index (κ3) is 51.1. The van der Waals surface area contributed by atoms with Gasteiger partial charge < -0.3 is 0 Å². The van der Waals surface area contributed by atoms with Crippen LogP contribution in [0.5, 0.6) is 0 Å². The fourth-order valence-corrected chi connectivity index (χ4v) is 11.2. The first-order valence-corrected chi connectivity index (χ1v) is 31.2. The van der Waals surface area contributed by atoms with E-state index in [4.69, 9.17) is 0 Å². The lowest BCUT2D eigenvalue weighted by molar-refractivity contribution is 0.307. The van der Waals surface area contributed by atoms with Gasteiger partial charge >= 0.3 is 0 Å². The molecule has 5 atom stereocenters. The smallest absolute Gasteiger partial charge is 0.0323 e. The molecular formula is C66H128. The van der Waals surface area contributed by atoms with Gasteiger partial charge in [0, 0.05) is 0 Å². The molecule has 0 saturated heterocycles. The molecule has 66 heavy (non-hydrogen) atoms. The average molecular weight is 922 g/mol. The van der Waals surface area contributed by atoms with Gasteiger partial charge in [-0.25, -0.2) is 0 Å². The van der Waals surface area contributed by atoms with Crippen molar-refractivity contribution >= 4 is 0 Å². The maximum Gasteiger partial charge on any atom is -0.0323 e. The number of hydrogen-bond acceptors (Lipinski definition) is 0. The summed E-state index contributed by atoms with van der Waals surface area (Å²) in [6.45, 7) is 24.7. The topological polar surface area (TPSA) is 0 Å². The maximum atomic E-state index is 4.55. The van der Waals surface area contributed by atoms with Gasteiger partial charge in [-0.2, -0.15) is 0 Å². The van der Waals surface area contributed by atoms with Gasteiger partial charge in [0.15, 0.2) is 0 Å². The first-order valence-electron chi connectivity index (χ1n) is 31.2. The van der Waals surface area contributed by atoms with Crippen molar-refractivity contribution < 1.29 is 0 Å². The van der Waals surface area contributed by atoms with E-state index in [1.807, 2.05) is 0 Å². The molecule has 392 valence electrons. The minimum atomic E-state index is 0.819. The molecule has 0 heterocycles. The summed E-state index contributed by atoms with van der Waals surface area (Å²) in [6.07, 6.45) is 75.7. The van der Waals surface area contributed by atoms with Crippen molar-refractivity contribution in [1.29, 1.82) is 0 Å². The second kappa shape index (κ2) is 53.6. The molecule has 0 aromatic heterocycles. The fraction of sp³-hybridized carbons (Fsp3) is 0.909. The van der Waals surface area contributed by atoms with Gasteiger partial charge in [-0.3, -0.25) is 0 Å². The van der Waals surface area contributed by atoms with Crippen molar-refractivity contribution in [3.8, 4) is 0 Å². The van der Waals surface area contributed by atoms with Crippen molar-refractivity contribution in [2.24, 2.45) is 29.6 Å². The molecule has 0 saturated carbocycles. The third-order valence-electron chi connectivity index (χ3n) is 16.0. The van der Waals surface area contributed by atoms with Crippen LogP contribution in [0.1, 0.15) is 356 Å². The van der Waals surface area contributed by atoms with Gasteiger partial charge in [0.1, 0.15) is 0 Å². The minimum Gasteiger partial charge on any atom is -0.103 e. The van der Waals surface area contributed by atoms with E-state index in [2.05, 4.69) is 66.5 Å². The Hall–Kier alpha value is -0.780. The highest BCUT2D eigenvalue weighted by molar-refractivity contribution is 4.93. The van der Waals surface area contributed by atoms with Crippen LogP contribution in [-0.4, -0.2) is 0 Å². The highest BCUT2D eigenvalue weighted by Crippen LogP contribution is 2.30. The zero-order valence-electron chi connectivity index (χ0n) is 47.0. The summed E-state index contributed by atoms with van der Waals surface area (Å²) in [4.78, 5) is 0. The molecule has 0 radical (unpaired) electrons. The zero-order chi connectivity index (χ0) is 48.2. The molecule has 0 aliphatic heterocycles. The molecule has 0 aromatic carbocycles. The summed E-state index contributed by atoms with van der Waals surface area (Å²) in [6, 6.07) is 0. The molecule has 0 aliphatic rings. The Bertz CT molecular complexity index is 957. The number of rotatable bonds is 57. The third-order valence-corrected chi connectivity index (χ3v) is 16.0. The van der Waals surface area contributed by atoms with Gasteiger partial charge in [0.25, 0.3) is 0 Å². The molecule has 0 aliphatic carbocycles. The predicted molar refractivity (Wildman–Crippen MR) is 306 cm³/mol. The highest BCUT2D eigenvalue weighted by Gasteiger charge is 2.15. The Morgan fingerprint density at radius 1 is 0.318 bits per heavy atom. The maximum absolute atomic E-state index is 4.55. The Morgan fingerprint density at radius 2 is 0.621 bits per heavy atom. The van der Waals surface area contributed by atoms with Crippen molar-refractivity contribution in [2.75, 3.05) is 0 Å². The van der Waals surface area contributed by atoms with Crippen LogP contribution >= 0.6 is 0 Å². The molecule has 0 rings (SSSR count). The van der Waals surface area contributed by atoms with Gasteiger partial charge in [-0.05, 0) is 81.0 Å². The van der Waals surface area contributed by atoms with Crippen LogP contribution in [0.4, 0.5) is 0 Å². The lowest BCUT2D eigenvalue weighted by atomic mass is 9.84. The van der Waals surface area contributed by atoms with Crippen LogP contribution in [0, 0.1) is 29.6 Å². The first kappa shape index (κ1) is 65.2. The van der Waals surface area contributed by atoms with Crippen molar-refractivity contribution in [3.63, 3.8) is 0 Å². The second-order valence-electron chi connectivity index (χ2n) is 23.4. The van der Waals surface area contributed by atoms with Crippen molar-refractivity contribution in [3.05, 3.63) is 37.5 Å². The molecule has 0 heteroatoms. The number of unbranched alkanes of at least 4 members (excludes halogenated alkanes) is 32. The molecule has 0 fully saturated rings. The average Bonchev–Trinajstić information content (AvgIpc) is 3.30. The van der Waals surface area contributed by atoms with E-state index in [0.29, 0.717) is 0 Å². The largest absolute Gasteiger partial charge is 0.103 e. The fourth-order valence-electron chi connectivity index (χ4n) is 11.2. The summed E-state index contributed by atoms with van der Waals surface area (Å²) >= 11 is 0. The normalized spacial score (nSPS) is 14.0. The van der Waals surface area contributed by atoms with E-state index >= 15 is 0 Å². The lowest BCUT2D eigenvalue weighted by Crippen LogP contribution is -2.08. The summed E-state index contributed by atoms with van der Waals surface area (Å²) in [5.74, 6) is 4.47. The molecule has 0 spiro atoms. The quantitative estimate of drug-likeness (QED) is 0.0421. The van der Waals surface area contributed by atoms with Gasteiger partial charge in [-0.15, -0.1) is 13.2 Å². The van der Waals surface area contributed by atoms with Gasteiger partial charge in [0.05, 0.1) is 0 Å². The standard InChI is InChI=1S/C66H128/c1-9-12-14-16-18-20-22-24-25-26-27-28-29-30-32-33-35-37-39-41-50-62(5)53-45-46-59-66(58-42-40-38-36-34-31-23-21-19-17-15-13-10-2)60-65(8)57-48-56-64(7)55-47-54-63(6)52-44-43-51-61(4)49-11-3/h9,11,61,63-66H,1,3,5,10,12-60H2,2,4,6-8H3. The Labute approximate surface area is 420 Å². The molecule has 0 N–H and O–H groups in total. The number of hydrogen-bond donors (Lipinski definition) is 0. The van der Waals surface area contributed by atoms with Gasteiger partial charge in [0.2, 0.25) is 0 Å². The Kier molecular flexibility index (Phi) is 52.9. The van der Waals surface area contributed by atoms with Crippen LogP contribution in [0.15, 0.2) is 37.5 Å². The monoisotopic (exact) mass is 921 g/mol. The summed E-state index contributed by atoms with van der Waals surface area (Å²) < 4.78 is 0. The van der Waals surface area contributed by atoms with E-state index < -0.39 is 0 Å². The zero-order valence-corrected chi connectivity index (χ0v) is 47.0. The first-order chi connectivity index (χ1) is 32.3.